The molecule has 1 aromatic carbocycles. The zero-order chi connectivity index (χ0) is 19.2. The fraction of sp³-hybridized carbons (Fsp3) is 0.545. The second kappa shape index (κ2) is 9.24. The lowest BCUT2D eigenvalue weighted by Crippen LogP contribution is -2.42. The van der Waals surface area contributed by atoms with Crippen molar-refractivity contribution in [1.29, 1.82) is 0 Å². The fourth-order valence-electron chi connectivity index (χ4n) is 4.33. The van der Waals surface area contributed by atoms with E-state index < -0.39 is 0 Å². The first-order chi connectivity index (χ1) is 13.8. The van der Waals surface area contributed by atoms with Gasteiger partial charge in [0, 0.05) is 44.6 Å². The highest BCUT2D eigenvalue weighted by molar-refractivity contribution is 5.80. The summed E-state index contributed by atoms with van der Waals surface area (Å²) in [5.41, 5.74) is 1.28. The molecule has 2 aromatic rings. The zero-order valence-electron chi connectivity index (χ0n) is 16.9. The van der Waals surface area contributed by atoms with Crippen molar-refractivity contribution >= 4 is 5.96 Å². The lowest BCUT2D eigenvalue weighted by molar-refractivity contribution is 0.249. The van der Waals surface area contributed by atoms with Crippen LogP contribution in [0.15, 0.2) is 47.7 Å². The highest BCUT2D eigenvalue weighted by Crippen LogP contribution is 2.20. The van der Waals surface area contributed by atoms with Crippen molar-refractivity contribution in [2.45, 2.75) is 45.3 Å². The Morgan fingerprint density at radius 2 is 2.00 bits per heavy atom. The molecule has 2 saturated heterocycles. The molecule has 0 bridgehead atoms. The molecule has 2 aliphatic rings. The summed E-state index contributed by atoms with van der Waals surface area (Å²) < 4.78 is 2.19. The van der Waals surface area contributed by atoms with Crippen LogP contribution in [-0.4, -0.2) is 64.1 Å². The molecule has 2 aliphatic heterocycles. The first-order valence-electron chi connectivity index (χ1n) is 10.6. The summed E-state index contributed by atoms with van der Waals surface area (Å²) in [5, 5.41) is 3.49. The Kier molecular flexibility index (Phi) is 6.27. The average Bonchev–Trinajstić information content (AvgIpc) is 3.47. The van der Waals surface area contributed by atoms with Crippen molar-refractivity contribution in [2.24, 2.45) is 4.99 Å². The van der Waals surface area contributed by atoms with Gasteiger partial charge in [-0.1, -0.05) is 30.3 Å². The van der Waals surface area contributed by atoms with Crippen LogP contribution in [0, 0.1) is 0 Å². The quantitative estimate of drug-likeness (QED) is 0.618. The molecular formula is C22H32N6. The fourth-order valence-corrected chi connectivity index (χ4v) is 4.33. The van der Waals surface area contributed by atoms with Gasteiger partial charge in [0.15, 0.2) is 5.96 Å². The number of imidazole rings is 1. The number of nitrogens with zero attached hydrogens (tertiary/aromatic N) is 5. The largest absolute Gasteiger partial charge is 0.357 e. The van der Waals surface area contributed by atoms with E-state index in [1.54, 1.807) is 0 Å². The standard InChI is InChI=1S/C22H32N6/c1-2-23-22(28-14-10-20(18-28)26-12-6-7-13-26)25-16-21-24-11-15-27(21)17-19-8-4-3-5-9-19/h3-5,8-9,11,15,20H,2,6-7,10,12-14,16-18H2,1H3,(H,23,25). The van der Waals surface area contributed by atoms with Gasteiger partial charge in [-0.2, -0.15) is 0 Å². The number of hydrogen-bond acceptors (Lipinski definition) is 3. The van der Waals surface area contributed by atoms with Gasteiger partial charge >= 0.3 is 0 Å². The van der Waals surface area contributed by atoms with Gasteiger partial charge < -0.3 is 14.8 Å². The predicted octanol–water partition coefficient (Wildman–Crippen LogP) is 2.57. The molecule has 6 nitrogen and oxygen atoms in total. The van der Waals surface area contributed by atoms with Crippen LogP contribution in [0.5, 0.6) is 0 Å². The number of hydrogen-bond donors (Lipinski definition) is 1. The Bertz CT molecular complexity index is 762. The van der Waals surface area contributed by atoms with E-state index in [9.17, 15) is 0 Å². The smallest absolute Gasteiger partial charge is 0.194 e. The number of rotatable bonds is 6. The van der Waals surface area contributed by atoms with Crippen molar-refractivity contribution in [3.05, 3.63) is 54.1 Å². The van der Waals surface area contributed by atoms with Crippen LogP contribution < -0.4 is 5.32 Å². The second-order valence-electron chi connectivity index (χ2n) is 7.76. The normalized spacial score (nSPS) is 20.8. The SMILES string of the molecule is CCNC(=NCc1nccn1Cc1ccccc1)N1CCC(N2CCCC2)C1. The van der Waals surface area contributed by atoms with Crippen LogP contribution in [0.3, 0.4) is 0 Å². The molecule has 0 aliphatic carbocycles. The molecule has 0 saturated carbocycles. The lowest BCUT2D eigenvalue weighted by Gasteiger charge is -2.25. The molecule has 0 amide bonds. The average molecular weight is 381 g/mol. The van der Waals surface area contributed by atoms with E-state index in [-0.39, 0.29) is 0 Å². The molecular weight excluding hydrogens is 348 g/mol. The van der Waals surface area contributed by atoms with Crippen molar-refractivity contribution in [1.82, 2.24) is 24.7 Å². The molecule has 3 heterocycles. The lowest BCUT2D eigenvalue weighted by atomic mass is 10.2. The van der Waals surface area contributed by atoms with Crippen molar-refractivity contribution in [3.8, 4) is 0 Å². The van der Waals surface area contributed by atoms with E-state index in [2.05, 4.69) is 61.9 Å². The molecule has 6 heteroatoms. The number of benzene rings is 1. The Labute approximate surface area is 168 Å². The highest BCUT2D eigenvalue weighted by atomic mass is 15.3. The number of aliphatic imine (C=N–C) groups is 1. The van der Waals surface area contributed by atoms with Crippen LogP contribution in [0.2, 0.25) is 0 Å². The third kappa shape index (κ3) is 4.55. The van der Waals surface area contributed by atoms with Gasteiger partial charge in [-0.15, -0.1) is 0 Å². The molecule has 2 fully saturated rings. The van der Waals surface area contributed by atoms with E-state index in [1.807, 2.05) is 12.4 Å². The maximum absolute atomic E-state index is 4.93. The van der Waals surface area contributed by atoms with Gasteiger partial charge in [0.1, 0.15) is 12.4 Å². The predicted molar refractivity (Wildman–Crippen MR) is 113 cm³/mol. The summed E-state index contributed by atoms with van der Waals surface area (Å²) in [6.07, 6.45) is 7.88. The topological polar surface area (TPSA) is 48.7 Å². The van der Waals surface area contributed by atoms with Crippen LogP contribution in [0.1, 0.15) is 37.6 Å². The summed E-state index contributed by atoms with van der Waals surface area (Å²) in [6.45, 7) is 9.18. The first-order valence-corrected chi connectivity index (χ1v) is 10.6. The molecule has 4 rings (SSSR count). The number of guanidine groups is 1. The molecule has 0 spiro atoms. The maximum atomic E-state index is 4.93. The number of aromatic nitrogens is 2. The Hall–Kier alpha value is -2.34. The van der Waals surface area contributed by atoms with Gasteiger partial charge in [-0.25, -0.2) is 9.98 Å². The van der Waals surface area contributed by atoms with Gasteiger partial charge in [0.2, 0.25) is 0 Å². The van der Waals surface area contributed by atoms with Crippen LogP contribution in [-0.2, 0) is 13.1 Å². The van der Waals surface area contributed by atoms with E-state index in [1.165, 1.54) is 37.9 Å². The Morgan fingerprint density at radius 3 is 2.79 bits per heavy atom. The van der Waals surface area contributed by atoms with Crippen molar-refractivity contribution in [2.75, 3.05) is 32.7 Å². The monoisotopic (exact) mass is 380 g/mol. The van der Waals surface area contributed by atoms with Gasteiger partial charge in [0.05, 0.1) is 0 Å². The zero-order valence-corrected chi connectivity index (χ0v) is 16.9. The summed E-state index contributed by atoms with van der Waals surface area (Å²) in [4.78, 5) is 14.6. The summed E-state index contributed by atoms with van der Waals surface area (Å²) in [5.74, 6) is 2.04. The van der Waals surface area contributed by atoms with Crippen molar-refractivity contribution in [3.63, 3.8) is 0 Å². The summed E-state index contributed by atoms with van der Waals surface area (Å²) in [6, 6.07) is 11.2. The summed E-state index contributed by atoms with van der Waals surface area (Å²) in [7, 11) is 0. The van der Waals surface area contributed by atoms with Gasteiger partial charge in [0.25, 0.3) is 0 Å². The third-order valence-electron chi connectivity index (χ3n) is 5.82. The second-order valence-corrected chi connectivity index (χ2v) is 7.76. The molecule has 1 atom stereocenters. The van der Waals surface area contributed by atoms with Crippen LogP contribution >= 0.6 is 0 Å². The van der Waals surface area contributed by atoms with Gasteiger partial charge in [-0.05, 0) is 44.8 Å². The third-order valence-corrected chi connectivity index (χ3v) is 5.82. The number of likely N-dealkylation sites (tertiary alicyclic amines) is 2. The van der Waals surface area contributed by atoms with E-state index in [0.29, 0.717) is 12.6 Å². The van der Waals surface area contributed by atoms with Crippen LogP contribution in [0.25, 0.3) is 0 Å². The molecule has 1 unspecified atom stereocenters. The molecule has 150 valence electrons. The molecule has 1 aromatic heterocycles. The molecule has 0 radical (unpaired) electrons. The Balaban J connectivity index is 1.41. The minimum Gasteiger partial charge on any atom is -0.357 e. The van der Waals surface area contributed by atoms with Gasteiger partial charge in [-0.3, -0.25) is 4.90 Å². The minimum absolute atomic E-state index is 0.604. The van der Waals surface area contributed by atoms with E-state index in [0.717, 1.165) is 38.0 Å². The molecule has 28 heavy (non-hydrogen) atoms. The minimum atomic E-state index is 0.604. The van der Waals surface area contributed by atoms with E-state index >= 15 is 0 Å². The molecule has 1 N–H and O–H groups in total. The number of nitrogens with one attached hydrogen (secondary N) is 1. The Morgan fingerprint density at radius 1 is 1.18 bits per heavy atom. The highest BCUT2D eigenvalue weighted by Gasteiger charge is 2.30. The van der Waals surface area contributed by atoms with E-state index in [4.69, 9.17) is 4.99 Å². The van der Waals surface area contributed by atoms with Crippen LogP contribution in [0.4, 0.5) is 0 Å². The maximum Gasteiger partial charge on any atom is 0.194 e. The van der Waals surface area contributed by atoms with Crippen molar-refractivity contribution < 1.29 is 0 Å². The summed E-state index contributed by atoms with van der Waals surface area (Å²) >= 11 is 0. The first kappa shape index (κ1) is 19.0.